The molecule has 0 aliphatic carbocycles. The number of likely N-dealkylation sites (tertiary alicyclic amines) is 1. The Bertz CT molecular complexity index is 544. The Labute approximate surface area is 121 Å². The average molecular weight is 296 g/mol. The molecule has 1 saturated heterocycles. The van der Waals surface area contributed by atoms with Crippen LogP contribution in [0.5, 0.6) is 0 Å². The highest BCUT2D eigenvalue weighted by Crippen LogP contribution is 2.24. The van der Waals surface area contributed by atoms with Crippen LogP contribution in [0.15, 0.2) is 18.2 Å². The third kappa shape index (κ3) is 4.20. The van der Waals surface area contributed by atoms with Crippen molar-refractivity contribution in [2.45, 2.75) is 18.9 Å². The highest BCUT2D eigenvalue weighted by Gasteiger charge is 2.21. The molecule has 0 aromatic heterocycles. The molecule has 3 N–H and O–H groups in total. The maximum Gasteiger partial charge on any atom is 0.295 e. The van der Waals surface area contributed by atoms with E-state index in [1.54, 1.807) is 0 Å². The molecule has 1 heterocycles. The molecule has 0 atom stereocenters. The minimum atomic E-state index is -0.724. The number of nitro groups is 1. The predicted molar refractivity (Wildman–Crippen MR) is 75.3 cm³/mol. The van der Waals surface area contributed by atoms with Crippen LogP contribution >= 0.6 is 0 Å². The minimum absolute atomic E-state index is 0.000103. The van der Waals surface area contributed by atoms with Crippen LogP contribution in [0.1, 0.15) is 12.8 Å². The summed E-state index contributed by atoms with van der Waals surface area (Å²) in [4.78, 5) is 24.0. The second-order valence-electron chi connectivity index (χ2n) is 5.08. The molecule has 0 saturated carbocycles. The number of amides is 1. The van der Waals surface area contributed by atoms with E-state index in [2.05, 4.69) is 5.32 Å². The number of carbonyl (C=O) groups excluding carboxylic acids is 1. The number of nitro benzene ring substituents is 1. The zero-order valence-corrected chi connectivity index (χ0v) is 11.4. The summed E-state index contributed by atoms with van der Waals surface area (Å²) < 4.78 is 13.0. The summed E-state index contributed by atoms with van der Waals surface area (Å²) in [5, 5.41) is 13.3. The first-order valence-electron chi connectivity index (χ1n) is 6.67. The van der Waals surface area contributed by atoms with Gasteiger partial charge in [0.05, 0.1) is 17.5 Å². The van der Waals surface area contributed by atoms with Gasteiger partial charge in [-0.15, -0.1) is 0 Å². The van der Waals surface area contributed by atoms with Gasteiger partial charge in [0.2, 0.25) is 5.91 Å². The van der Waals surface area contributed by atoms with Crippen molar-refractivity contribution >= 4 is 17.3 Å². The Morgan fingerprint density at radius 1 is 1.48 bits per heavy atom. The molecule has 1 aromatic rings. The van der Waals surface area contributed by atoms with E-state index in [4.69, 9.17) is 5.73 Å². The van der Waals surface area contributed by atoms with Crippen LogP contribution in [0.25, 0.3) is 0 Å². The Morgan fingerprint density at radius 2 is 2.14 bits per heavy atom. The molecular weight excluding hydrogens is 279 g/mol. The lowest BCUT2D eigenvalue weighted by molar-refractivity contribution is -0.384. The zero-order valence-electron chi connectivity index (χ0n) is 11.4. The predicted octanol–water partition coefficient (Wildman–Crippen LogP) is 1.10. The lowest BCUT2D eigenvalue weighted by Gasteiger charge is -2.29. The van der Waals surface area contributed by atoms with E-state index in [-0.39, 0.29) is 24.2 Å². The fourth-order valence-corrected chi connectivity index (χ4v) is 2.27. The molecule has 1 aromatic carbocycles. The van der Waals surface area contributed by atoms with Gasteiger partial charge in [-0.1, -0.05) is 0 Å². The Kier molecular flexibility index (Phi) is 4.81. The third-order valence-electron chi connectivity index (χ3n) is 3.43. The Hall–Kier alpha value is -2.06. The van der Waals surface area contributed by atoms with E-state index in [0.717, 1.165) is 38.1 Å². The van der Waals surface area contributed by atoms with Crippen molar-refractivity contribution in [3.8, 4) is 0 Å². The van der Waals surface area contributed by atoms with Crippen molar-refractivity contribution < 1.29 is 14.1 Å². The quantitative estimate of drug-likeness (QED) is 0.640. The topological polar surface area (TPSA) is 102 Å². The summed E-state index contributed by atoms with van der Waals surface area (Å²) in [6, 6.07) is 3.22. The zero-order chi connectivity index (χ0) is 15.4. The summed E-state index contributed by atoms with van der Waals surface area (Å²) in [6.45, 7) is 1.58. The van der Waals surface area contributed by atoms with Gasteiger partial charge in [0.1, 0.15) is 11.5 Å². The Balaban J connectivity index is 1.98. The summed E-state index contributed by atoms with van der Waals surface area (Å²) in [5.41, 5.74) is 5.33. The molecule has 2 rings (SSSR count). The molecule has 1 amide bonds. The number of halogens is 1. The number of anilines is 1. The molecule has 1 fully saturated rings. The smallest absolute Gasteiger partial charge is 0.295 e. The van der Waals surface area contributed by atoms with Crippen molar-refractivity contribution in [2.24, 2.45) is 5.73 Å². The van der Waals surface area contributed by atoms with Crippen LogP contribution in [0.4, 0.5) is 15.8 Å². The maximum absolute atomic E-state index is 13.0. The summed E-state index contributed by atoms with van der Waals surface area (Å²) in [6.07, 6.45) is 1.65. The monoisotopic (exact) mass is 296 g/mol. The second kappa shape index (κ2) is 6.59. The number of carbonyl (C=O) groups is 1. The molecule has 8 heteroatoms. The first kappa shape index (κ1) is 15.3. The van der Waals surface area contributed by atoms with Gasteiger partial charge in [-0.2, -0.15) is 0 Å². The number of nitrogens with one attached hydrogen (secondary N) is 1. The number of hydrogen-bond donors (Lipinski definition) is 2. The van der Waals surface area contributed by atoms with Crippen LogP contribution < -0.4 is 11.1 Å². The average Bonchev–Trinajstić information content (AvgIpc) is 2.43. The molecule has 21 heavy (non-hydrogen) atoms. The molecule has 0 spiro atoms. The first-order chi connectivity index (χ1) is 9.95. The van der Waals surface area contributed by atoms with Gasteiger partial charge in [0, 0.05) is 19.1 Å². The van der Waals surface area contributed by atoms with Gasteiger partial charge in [-0.05, 0) is 25.0 Å². The highest BCUT2D eigenvalue weighted by molar-refractivity contribution is 5.94. The normalized spacial score (nSPS) is 16.7. The molecule has 0 unspecified atom stereocenters. The molecule has 114 valence electrons. The third-order valence-corrected chi connectivity index (χ3v) is 3.43. The molecule has 0 bridgehead atoms. The van der Waals surface area contributed by atoms with E-state index in [9.17, 15) is 19.3 Å². The number of rotatable bonds is 4. The second-order valence-corrected chi connectivity index (χ2v) is 5.08. The van der Waals surface area contributed by atoms with Crippen LogP contribution in [-0.2, 0) is 4.79 Å². The van der Waals surface area contributed by atoms with E-state index in [1.807, 2.05) is 4.90 Å². The van der Waals surface area contributed by atoms with Crippen LogP contribution in [0.2, 0.25) is 0 Å². The largest absolute Gasteiger partial charge is 0.328 e. The van der Waals surface area contributed by atoms with Crippen LogP contribution in [0.3, 0.4) is 0 Å². The van der Waals surface area contributed by atoms with Gasteiger partial charge in [-0.3, -0.25) is 19.8 Å². The molecular formula is C13H17FN4O3. The summed E-state index contributed by atoms with van der Waals surface area (Å²) >= 11 is 0. The molecule has 7 nitrogen and oxygen atoms in total. The van der Waals surface area contributed by atoms with Gasteiger partial charge >= 0.3 is 0 Å². The first-order valence-corrected chi connectivity index (χ1v) is 6.67. The van der Waals surface area contributed by atoms with Crippen molar-refractivity contribution in [2.75, 3.05) is 25.0 Å². The Morgan fingerprint density at radius 3 is 2.76 bits per heavy atom. The lowest BCUT2D eigenvalue weighted by Crippen LogP contribution is -2.43. The number of nitrogens with zero attached hydrogens (tertiary/aromatic N) is 2. The summed E-state index contributed by atoms with van der Waals surface area (Å²) in [7, 11) is 0. The fraction of sp³-hybridized carbons (Fsp3) is 0.462. The van der Waals surface area contributed by atoms with E-state index >= 15 is 0 Å². The van der Waals surface area contributed by atoms with Gasteiger partial charge in [0.25, 0.3) is 5.69 Å². The SMILES string of the molecule is NC1CCN(CC(=O)Nc2ccc(F)cc2[N+](=O)[O-])CC1. The van der Waals surface area contributed by atoms with Crippen molar-refractivity contribution in [3.05, 3.63) is 34.1 Å². The number of piperidine rings is 1. The standard InChI is InChI=1S/C13H17FN4O3/c14-9-1-2-11(12(7-9)18(20)21)16-13(19)8-17-5-3-10(15)4-6-17/h1-2,7,10H,3-6,8,15H2,(H,16,19). The van der Waals surface area contributed by atoms with E-state index in [0.29, 0.717) is 0 Å². The van der Waals surface area contributed by atoms with E-state index in [1.165, 1.54) is 6.07 Å². The van der Waals surface area contributed by atoms with Crippen molar-refractivity contribution in [1.29, 1.82) is 0 Å². The van der Waals surface area contributed by atoms with Crippen molar-refractivity contribution in [3.63, 3.8) is 0 Å². The van der Waals surface area contributed by atoms with Gasteiger partial charge in [-0.25, -0.2) is 4.39 Å². The molecule has 0 radical (unpaired) electrons. The fourth-order valence-electron chi connectivity index (χ4n) is 2.27. The van der Waals surface area contributed by atoms with Crippen LogP contribution in [-0.4, -0.2) is 41.4 Å². The maximum atomic E-state index is 13.0. The van der Waals surface area contributed by atoms with Gasteiger partial charge < -0.3 is 11.1 Å². The van der Waals surface area contributed by atoms with Gasteiger partial charge in [0.15, 0.2) is 0 Å². The number of benzene rings is 1. The lowest BCUT2D eigenvalue weighted by atomic mass is 10.1. The number of hydrogen-bond acceptors (Lipinski definition) is 5. The van der Waals surface area contributed by atoms with Crippen molar-refractivity contribution in [1.82, 2.24) is 4.90 Å². The van der Waals surface area contributed by atoms with E-state index < -0.39 is 16.4 Å². The molecule has 1 aliphatic heterocycles. The number of nitrogens with two attached hydrogens (primary N) is 1. The summed E-state index contributed by atoms with van der Waals surface area (Å²) in [5.74, 6) is -1.08. The van der Waals surface area contributed by atoms with Crippen LogP contribution in [0, 0.1) is 15.9 Å². The highest BCUT2D eigenvalue weighted by atomic mass is 19.1. The molecule has 1 aliphatic rings. The minimum Gasteiger partial charge on any atom is -0.328 e.